The lowest BCUT2D eigenvalue weighted by Crippen LogP contribution is -2.21. The highest BCUT2D eigenvalue weighted by atomic mass is 16.6. The molecule has 112 valence electrons. The third-order valence-electron chi connectivity index (χ3n) is 3.08. The second kappa shape index (κ2) is 7.12. The van der Waals surface area contributed by atoms with Crippen molar-refractivity contribution < 1.29 is 9.72 Å². The number of carbonyl (C=O) groups excluding carboxylic acids is 1. The molecule has 6 nitrogen and oxygen atoms in total. The van der Waals surface area contributed by atoms with Crippen molar-refractivity contribution in [2.24, 2.45) is 5.10 Å². The summed E-state index contributed by atoms with van der Waals surface area (Å²) in [4.78, 5) is 22.4. The summed E-state index contributed by atoms with van der Waals surface area (Å²) in [5, 5.41) is 15.0. The molecule has 22 heavy (non-hydrogen) atoms. The Bertz CT molecular complexity index is 712. The number of nitro benzene ring substituents is 1. The molecule has 2 aromatic rings. The molecule has 0 aliphatic rings. The first kappa shape index (κ1) is 15.4. The molecule has 0 fully saturated rings. The van der Waals surface area contributed by atoms with Crippen LogP contribution in [-0.2, 0) is 0 Å². The Morgan fingerprint density at radius 3 is 2.41 bits per heavy atom. The zero-order valence-corrected chi connectivity index (χ0v) is 12.0. The summed E-state index contributed by atoms with van der Waals surface area (Å²) in [6, 6.07) is 15.2. The monoisotopic (exact) mass is 297 g/mol. The zero-order chi connectivity index (χ0) is 15.9. The van der Waals surface area contributed by atoms with Crippen LogP contribution in [0.15, 0.2) is 59.7 Å². The summed E-state index contributed by atoms with van der Waals surface area (Å²) >= 11 is 0. The second-order valence-electron chi connectivity index (χ2n) is 4.49. The van der Waals surface area contributed by atoms with Gasteiger partial charge in [-0.1, -0.05) is 49.4 Å². The van der Waals surface area contributed by atoms with E-state index < -0.39 is 10.8 Å². The van der Waals surface area contributed by atoms with E-state index in [0.29, 0.717) is 12.1 Å². The Morgan fingerprint density at radius 2 is 1.77 bits per heavy atom. The average Bonchev–Trinajstić information content (AvgIpc) is 2.56. The van der Waals surface area contributed by atoms with Gasteiger partial charge in [-0.2, -0.15) is 5.10 Å². The molecule has 2 aromatic carbocycles. The number of carbonyl (C=O) groups is 1. The van der Waals surface area contributed by atoms with Crippen LogP contribution in [0.25, 0.3) is 0 Å². The van der Waals surface area contributed by atoms with Gasteiger partial charge < -0.3 is 0 Å². The molecule has 0 unspecified atom stereocenters. The van der Waals surface area contributed by atoms with Crippen LogP contribution in [0.4, 0.5) is 5.69 Å². The number of hydrogen-bond acceptors (Lipinski definition) is 4. The SMILES string of the molecule is CC/C(=N/NC(=O)c1ccccc1[N+](=O)[O-])c1ccccc1. The van der Waals surface area contributed by atoms with E-state index in [-0.39, 0.29) is 11.3 Å². The van der Waals surface area contributed by atoms with Crippen LogP contribution in [0, 0.1) is 10.1 Å². The van der Waals surface area contributed by atoms with Crippen LogP contribution in [0.5, 0.6) is 0 Å². The lowest BCUT2D eigenvalue weighted by atomic mass is 10.1. The molecular formula is C16H15N3O3. The van der Waals surface area contributed by atoms with E-state index in [1.165, 1.54) is 18.2 Å². The van der Waals surface area contributed by atoms with Crippen molar-refractivity contribution in [1.29, 1.82) is 0 Å². The van der Waals surface area contributed by atoms with Crippen LogP contribution in [0.3, 0.4) is 0 Å². The summed E-state index contributed by atoms with van der Waals surface area (Å²) in [6.45, 7) is 1.92. The molecular weight excluding hydrogens is 282 g/mol. The Labute approximate surface area is 127 Å². The summed E-state index contributed by atoms with van der Waals surface area (Å²) < 4.78 is 0. The minimum atomic E-state index is -0.603. The number of para-hydroxylation sites is 1. The first-order chi connectivity index (χ1) is 10.6. The summed E-state index contributed by atoms with van der Waals surface area (Å²) in [5.41, 5.74) is 3.73. The van der Waals surface area contributed by atoms with Gasteiger partial charge in [0.2, 0.25) is 0 Å². The van der Waals surface area contributed by atoms with Gasteiger partial charge in [0, 0.05) is 6.07 Å². The minimum Gasteiger partial charge on any atom is -0.267 e. The first-order valence-corrected chi connectivity index (χ1v) is 6.79. The molecule has 1 amide bonds. The van der Waals surface area contributed by atoms with Crippen LogP contribution < -0.4 is 5.43 Å². The van der Waals surface area contributed by atoms with Crippen molar-refractivity contribution in [2.75, 3.05) is 0 Å². The largest absolute Gasteiger partial charge is 0.282 e. The Morgan fingerprint density at radius 1 is 1.14 bits per heavy atom. The standard InChI is InChI=1S/C16H15N3O3/c1-2-14(12-8-4-3-5-9-12)17-18-16(20)13-10-6-7-11-15(13)19(21)22/h3-11H,2H2,1H3,(H,18,20)/b17-14-. The molecule has 0 saturated carbocycles. The quantitative estimate of drug-likeness (QED) is 0.522. The Hall–Kier alpha value is -3.02. The van der Waals surface area contributed by atoms with E-state index in [2.05, 4.69) is 10.5 Å². The molecule has 2 rings (SSSR count). The van der Waals surface area contributed by atoms with Gasteiger partial charge in [-0.25, -0.2) is 5.43 Å². The minimum absolute atomic E-state index is 0.0141. The number of hydrazone groups is 1. The molecule has 0 heterocycles. The van der Waals surface area contributed by atoms with Crippen LogP contribution in [0.1, 0.15) is 29.3 Å². The van der Waals surface area contributed by atoms with Crippen molar-refractivity contribution in [3.05, 3.63) is 75.8 Å². The Kier molecular flexibility index (Phi) is 4.98. The van der Waals surface area contributed by atoms with Gasteiger partial charge in [-0.15, -0.1) is 0 Å². The van der Waals surface area contributed by atoms with Gasteiger partial charge in [-0.3, -0.25) is 14.9 Å². The highest BCUT2D eigenvalue weighted by molar-refractivity contribution is 6.03. The highest BCUT2D eigenvalue weighted by Crippen LogP contribution is 2.17. The lowest BCUT2D eigenvalue weighted by Gasteiger charge is -2.05. The van der Waals surface area contributed by atoms with Crippen LogP contribution in [0.2, 0.25) is 0 Å². The van der Waals surface area contributed by atoms with Crippen molar-refractivity contribution in [3.63, 3.8) is 0 Å². The molecule has 0 aromatic heterocycles. The van der Waals surface area contributed by atoms with Gasteiger partial charge >= 0.3 is 0 Å². The molecule has 0 spiro atoms. The molecule has 1 N–H and O–H groups in total. The van der Waals surface area contributed by atoms with E-state index in [1.54, 1.807) is 6.07 Å². The lowest BCUT2D eigenvalue weighted by molar-refractivity contribution is -0.385. The number of nitro groups is 1. The molecule has 6 heteroatoms. The number of benzene rings is 2. The molecule has 0 atom stereocenters. The van der Waals surface area contributed by atoms with Gasteiger partial charge in [0.25, 0.3) is 11.6 Å². The van der Waals surface area contributed by atoms with Crippen LogP contribution in [-0.4, -0.2) is 16.5 Å². The molecule has 0 aliphatic heterocycles. The van der Waals surface area contributed by atoms with Gasteiger partial charge in [-0.05, 0) is 18.1 Å². The topological polar surface area (TPSA) is 84.6 Å². The third-order valence-corrected chi connectivity index (χ3v) is 3.08. The maximum Gasteiger partial charge on any atom is 0.282 e. The third kappa shape index (κ3) is 3.54. The average molecular weight is 297 g/mol. The normalized spacial score (nSPS) is 11.0. The van der Waals surface area contributed by atoms with E-state index in [1.807, 2.05) is 37.3 Å². The zero-order valence-electron chi connectivity index (χ0n) is 12.0. The molecule has 0 radical (unpaired) electrons. The van der Waals surface area contributed by atoms with Crippen molar-refractivity contribution in [1.82, 2.24) is 5.43 Å². The van der Waals surface area contributed by atoms with Crippen molar-refractivity contribution in [3.8, 4) is 0 Å². The predicted molar refractivity (Wildman–Crippen MR) is 83.8 cm³/mol. The van der Waals surface area contributed by atoms with Crippen molar-refractivity contribution >= 4 is 17.3 Å². The van der Waals surface area contributed by atoms with Crippen LogP contribution >= 0.6 is 0 Å². The number of amides is 1. The van der Waals surface area contributed by atoms with E-state index >= 15 is 0 Å². The summed E-state index contributed by atoms with van der Waals surface area (Å²) in [6.07, 6.45) is 0.626. The van der Waals surface area contributed by atoms with E-state index in [4.69, 9.17) is 0 Å². The predicted octanol–water partition coefficient (Wildman–Crippen LogP) is 3.14. The number of rotatable bonds is 5. The molecule has 0 saturated heterocycles. The summed E-state index contributed by atoms with van der Waals surface area (Å²) in [5.74, 6) is -0.603. The number of nitrogens with zero attached hydrogens (tertiary/aromatic N) is 2. The number of hydrogen-bond donors (Lipinski definition) is 1. The maximum absolute atomic E-state index is 12.1. The highest BCUT2D eigenvalue weighted by Gasteiger charge is 2.18. The van der Waals surface area contributed by atoms with Crippen molar-refractivity contribution in [2.45, 2.75) is 13.3 Å². The Balaban J connectivity index is 2.22. The fraction of sp³-hybridized carbons (Fsp3) is 0.125. The number of nitrogens with one attached hydrogen (secondary N) is 1. The maximum atomic E-state index is 12.1. The van der Waals surface area contributed by atoms with Gasteiger partial charge in [0.05, 0.1) is 10.6 Å². The van der Waals surface area contributed by atoms with Gasteiger partial charge in [0.1, 0.15) is 5.56 Å². The fourth-order valence-corrected chi connectivity index (χ4v) is 1.98. The first-order valence-electron chi connectivity index (χ1n) is 6.79. The van der Waals surface area contributed by atoms with E-state index in [0.717, 1.165) is 5.56 Å². The fourth-order valence-electron chi connectivity index (χ4n) is 1.98. The smallest absolute Gasteiger partial charge is 0.267 e. The molecule has 0 bridgehead atoms. The summed E-state index contributed by atoms with van der Waals surface area (Å²) in [7, 11) is 0. The van der Waals surface area contributed by atoms with E-state index in [9.17, 15) is 14.9 Å². The second-order valence-corrected chi connectivity index (χ2v) is 4.49. The molecule has 0 aliphatic carbocycles. The van der Waals surface area contributed by atoms with Gasteiger partial charge in [0.15, 0.2) is 0 Å².